The van der Waals surface area contributed by atoms with E-state index in [-0.39, 0.29) is 12.6 Å². The van der Waals surface area contributed by atoms with Crippen molar-refractivity contribution < 1.29 is 19.1 Å². The van der Waals surface area contributed by atoms with E-state index in [9.17, 15) is 14.4 Å². The summed E-state index contributed by atoms with van der Waals surface area (Å²) in [7, 11) is 1.53. The summed E-state index contributed by atoms with van der Waals surface area (Å²) in [6, 6.07) is -0.752. The summed E-state index contributed by atoms with van der Waals surface area (Å²) >= 11 is 0. The van der Waals surface area contributed by atoms with Crippen molar-refractivity contribution in [1.82, 2.24) is 15.5 Å². The molecule has 1 aliphatic rings. The predicted octanol–water partition coefficient (Wildman–Crippen LogP) is -0.488. The maximum atomic E-state index is 11.7. The molecule has 1 fully saturated rings. The smallest absolute Gasteiger partial charge is 0.321 e. The first kappa shape index (κ1) is 15.6. The molecule has 0 aromatic rings. The van der Waals surface area contributed by atoms with Crippen LogP contribution in [0.1, 0.15) is 19.3 Å². The third-order valence-electron chi connectivity index (χ3n) is 3.01. The van der Waals surface area contributed by atoms with E-state index >= 15 is 0 Å². The lowest BCUT2D eigenvalue weighted by atomic mass is 10.0. The van der Waals surface area contributed by atoms with Gasteiger partial charge in [0, 0.05) is 13.7 Å². The fourth-order valence-corrected chi connectivity index (χ4v) is 2.03. The number of hydrogen-bond donors (Lipinski definition) is 2. The molecule has 108 valence electrons. The van der Waals surface area contributed by atoms with Crippen LogP contribution in [0.25, 0.3) is 0 Å². The Morgan fingerprint density at radius 1 is 1.42 bits per heavy atom. The van der Waals surface area contributed by atoms with Crippen LogP contribution in [0.2, 0.25) is 0 Å². The number of nitrogens with zero attached hydrogens (tertiary/aromatic N) is 1. The molecule has 0 aromatic heterocycles. The largest absolute Gasteiger partial charge is 0.383 e. The van der Waals surface area contributed by atoms with Crippen molar-refractivity contribution >= 4 is 18.2 Å². The number of ether oxygens (including phenoxy) is 1. The summed E-state index contributed by atoms with van der Waals surface area (Å²) in [6.07, 6.45) is 3.61. The van der Waals surface area contributed by atoms with Crippen LogP contribution in [-0.4, -0.2) is 62.5 Å². The van der Waals surface area contributed by atoms with Crippen LogP contribution in [0.4, 0.5) is 4.79 Å². The van der Waals surface area contributed by atoms with Crippen molar-refractivity contribution in [2.75, 3.05) is 33.4 Å². The van der Waals surface area contributed by atoms with Crippen molar-refractivity contribution in [3.8, 4) is 0 Å². The molecule has 1 rings (SSSR count). The SMILES string of the molecule is COCCNC(=O)NC(=O)CN1CCCCC1C=O. The molecular weight excluding hydrogens is 250 g/mol. The van der Waals surface area contributed by atoms with Gasteiger partial charge in [0.15, 0.2) is 0 Å². The molecule has 1 saturated heterocycles. The number of hydrogen-bond acceptors (Lipinski definition) is 5. The lowest BCUT2D eigenvalue weighted by Gasteiger charge is -2.31. The highest BCUT2D eigenvalue weighted by atomic mass is 16.5. The van der Waals surface area contributed by atoms with Gasteiger partial charge in [0.1, 0.15) is 6.29 Å². The molecule has 0 saturated carbocycles. The topological polar surface area (TPSA) is 87.7 Å². The van der Waals surface area contributed by atoms with E-state index < -0.39 is 11.9 Å². The zero-order valence-electron chi connectivity index (χ0n) is 11.2. The van der Waals surface area contributed by atoms with Crippen molar-refractivity contribution in [2.45, 2.75) is 25.3 Å². The van der Waals surface area contributed by atoms with E-state index in [4.69, 9.17) is 4.74 Å². The fourth-order valence-electron chi connectivity index (χ4n) is 2.03. The van der Waals surface area contributed by atoms with Gasteiger partial charge in [0.25, 0.3) is 0 Å². The molecule has 3 amide bonds. The molecule has 1 aliphatic heterocycles. The van der Waals surface area contributed by atoms with Crippen LogP contribution < -0.4 is 10.6 Å². The van der Waals surface area contributed by atoms with E-state index in [1.165, 1.54) is 7.11 Å². The first-order valence-electron chi connectivity index (χ1n) is 6.43. The highest BCUT2D eigenvalue weighted by Gasteiger charge is 2.24. The van der Waals surface area contributed by atoms with Crippen molar-refractivity contribution in [1.29, 1.82) is 0 Å². The van der Waals surface area contributed by atoms with Gasteiger partial charge in [-0.15, -0.1) is 0 Å². The van der Waals surface area contributed by atoms with Gasteiger partial charge in [0.2, 0.25) is 5.91 Å². The van der Waals surface area contributed by atoms with Crippen LogP contribution in [0.15, 0.2) is 0 Å². The minimum absolute atomic E-state index is 0.0705. The van der Waals surface area contributed by atoms with Crippen LogP contribution >= 0.6 is 0 Å². The van der Waals surface area contributed by atoms with Crippen molar-refractivity contribution in [2.24, 2.45) is 0 Å². The zero-order valence-corrected chi connectivity index (χ0v) is 11.2. The second-order valence-corrected chi connectivity index (χ2v) is 4.47. The third-order valence-corrected chi connectivity index (χ3v) is 3.01. The molecule has 1 unspecified atom stereocenters. The zero-order chi connectivity index (χ0) is 14.1. The van der Waals surface area contributed by atoms with E-state index in [2.05, 4.69) is 10.6 Å². The van der Waals surface area contributed by atoms with Gasteiger partial charge in [-0.05, 0) is 19.4 Å². The molecule has 0 aliphatic carbocycles. The average molecular weight is 271 g/mol. The number of carbonyl (C=O) groups excluding carboxylic acids is 3. The molecule has 0 aromatic carbocycles. The van der Waals surface area contributed by atoms with Crippen molar-refractivity contribution in [3.05, 3.63) is 0 Å². The van der Waals surface area contributed by atoms with E-state index in [0.29, 0.717) is 19.7 Å². The highest BCUT2D eigenvalue weighted by molar-refractivity contribution is 5.95. The second kappa shape index (κ2) is 8.60. The number of imide groups is 1. The Kier molecular flexibility index (Phi) is 7.06. The lowest BCUT2D eigenvalue weighted by molar-refractivity contribution is -0.123. The molecule has 0 radical (unpaired) electrons. The van der Waals surface area contributed by atoms with Gasteiger partial charge in [-0.25, -0.2) is 4.79 Å². The van der Waals surface area contributed by atoms with E-state index in [0.717, 1.165) is 25.5 Å². The maximum absolute atomic E-state index is 11.7. The molecule has 0 bridgehead atoms. The first-order chi connectivity index (χ1) is 9.17. The number of carbonyl (C=O) groups is 3. The third kappa shape index (κ3) is 5.80. The Morgan fingerprint density at radius 3 is 2.89 bits per heavy atom. The second-order valence-electron chi connectivity index (χ2n) is 4.47. The van der Waals surface area contributed by atoms with Crippen molar-refractivity contribution in [3.63, 3.8) is 0 Å². The van der Waals surface area contributed by atoms with Gasteiger partial charge < -0.3 is 14.8 Å². The normalized spacial score (nSPS) is 19.7. The molecule has 7 heteroatoms. The predicted molar refractivity (Wildman–Crippen MR) is 68.7 cm³/mol. The lowest BCUT2D eigenvalue weighted by Crippen LogP contribution is -2.49. The van der Waals surface area contributed by atoms with E-state index in [1.54, 1.807) is 4.90 Å². The summed E-state index contributed by atoms with van der Waals surface area (Å²) in [4.78, 5) is 35.7. The molecule has 7 nitrogen and oxygen atoms in total. The van der Waals surface area contributed by atoms with Crippen LogP contribution in [0.3, 0.4) is 0 Å². The number of nitrogens with one attached hydrogen (secondary N) is 2. The standard InChI is InChI=1S/C12H21N3O4/c1-19-7-5-13-12(18)14-11(17)8-15-6-3-2-4-10(15)9-16/h9-10H,2-8H2,1H3,(H2,13,14,17,18). The molecule has 1 atom stereocenters. The van der Waals surface area contributed by atoms with Gasteiger partial charge in [0.05, 0.1) is 19.2 Å². The van der Waals surface area contributed by atoms with Gasteiger partial charge in [-0.1, -0.05) is 6.42 Å². The first-order valence-corrected chi connectivity index (χ1v) is 6.43. The molecule has 0 spiro atoms. The molecule has 2 N–H and O–H groups in total. The quantitative estimate of drug-likeness (QED) is 0.503. The van der Waals surface area contributed by atoms with Gasteiger partial charge >= 0.3 is 6.03 Å². The van der Waals surface area contributed by atoms with Crippen LogP contribution in [0.5, 0.6) is 0 Å². The monoisotopic (exact) mass is 271 g/mol. The summed E-state index contributed by atoms with van der Waals surface area (Å²) in [5.74, 6) is -0.399. The van der Waals surface area contributed by atoms with Crippen LogP contribution in [-0.2, 0) is 14.3 Å². The molecule has 19 heavy (non-hydrogen) atoms. The minimum Gasteiger partial charge on any atom is -0.383 e. The number of methoxy groups -OCH3 is 1. The van der Waals surface area contributed by atoms with Gasteiger partial charge in [-0.2, -0.15) is 0 Å². The summed E-state index contributed by atoms with van der Waals surface area (Å²) < 4.78 is 4.77. The summed E-state index contributed by atoms with van der Waals surface area (Å²) in [5.41, 5.74) is 0. The number of rotatable bonds is 6. The summed E-state index contributed by atoms with van der Waals surface area (Å²) in [5, 5.41) is 4.72. The number of urea groups is 1. The highest BCUT2D eigenvalue weighted by Crippen LogP contribution is 2.14. The van der Waals surface area contributed by atoms with Gasteiger partial charge in [-0.3, -0.25) is 15.0 Å². The Balaban J connectivity index is 2.29. The number of piperidine rings is 1. The molecule has 1 heterocycles. The Labute approximate surface area is 112 Å². The van der Waals surface area contributed by atoms with E-state index in [1.807, 2.05) is 0 Å². The number of likely N-dealkylation sites (tertiary alicyclic amines) is 1. The average Bonchev–Trinajstić information content (AvgIpc) is 2.39. The Morgan fingerprint density at radius 2 is 2.21 bits per heavy atom. The fraction of sp³-hybridized carbons (Fsp3) is 0.750. The maximum Gasteiger partial charge on any atom is 0.321 e. The number of aldehydes is 1. The molecular formula is C12H21N3O4. The number of amides is 3. The minimum atomic E-state index is -0.540. The Hall–Kier alpha value is -1.47. The Bertz CT molecular complexity index is 322. The summed E-state index contributed by atoms with van der Waals surface area (Å²) in [6.45, 7) is 1.51. The van der Waals surface area contributed by atoms with Crippen LogP contribution in [0, 0.1) is 0 Å².